The van der Waals surface area contributed by atoms with Gasteiger partial charge in [-0.3, -0.25) is 4.79 Å². The maximum Gasteiger partial charge on any atom is 0.162 e. The molecule has 0 fully saturated rings. The van der Waals surface area contributed by atoms with E-state index in [1.54, 1.807) is 0 Å². The van der Waals surface area contributed by atoms with Crippen molar-refractivity contribution >= 4 is 5.78 Å². The molecule has 0 aliphatic rings. The number of rotatable bonds is 5. The van der Waals surface area contributed by atoms with Crippen molar-refractivity contribution in [2.24, 2.45) is 5.11 Å². The minimum absolute atomic E-state index is 0.100. The van der Waals surface area contributed by atoms with Gasteiger partial charge >= 0.3 is 0 Å². The topological polar surface area (TPSA) is 65.8 Å². The molecule has 0 aromatic heterocycles. The lowest BCUT2D eigenvalue weighted by molar-refractivity contribution is 0.0981. The zero-order valence-corrected chi connectivity index (χ0v) is 8.68. The van der Waals surface area contributed by atoms with Crippen LogP contribution in [0.3, 0.4) is 0 Å². The van der Waals surface area contributed by atoms with Gasteiger partial charge in [-0.25, -0.2) is 0 Å². The third-order valence-corrected chi connectivity index (χ3v) is 2.10. The SMILES string of the molecule is Cc1ccc(C(=O)CCCN=[N+]=[N-])cc1. The molecule has 1 aromatic rings. The van der Waals surface area contributed by atoms with Crippen LogP contribution in [0.25, 0.3) is 10.4 Å². The number of carbonyl (C=O) groups is 1. The molecule has 0 amide bonds. The van der Waals surface area contributed by atoms with Gasteiger partial charge < -0.3 is 0 Å². The van der Waals surface area contributed by atoms with E-state index in [4.69, 9.17) is 5.53 Å². The second kappa shape index (κ2) is 5.83. The van der Waals surface area contributed by atoms with Gasteiger partial charge in [-0.05, 0) is 18.9 Å². The number of hydrogen-bond acceptors (Lipinski definition) is 2. The van der Waals surface area contributed by atoms with Crippen molar-refractivity contribution in [1.82, 2.24) is 0 Å². The lowest BCUT2D eigenvalue weighted by Crippen LogP contribution is -1.99. The van der Waals surface area contributed by atoms with Crippen LogP contribution in [0.5, 0.6) is 0 Å². The minimum atomic E-state index is 0.100. The van der Waals surface area contributed by atoms with Crippen LogP contribution in [-0.4, -0.2) is 12.3 Å². The van der Waals surface area contributed by atoms with Gasteiger partial charge in [0.1, 0.15) is 0 Å². The van der Waals surface area contributed by atoms with Crippen molar-refractivity contribution in [3.63, 3.8) is 0 Å². The molecule has 0 atom stereocenters. The van der Waals surface area contributed by atoms with Gasteiger partial charge in [0, 0.05) is 23.4 Å². The van der Waals surface area contributed by atoms with Gasteiger partial charge in [0.15, 0.2) is 5.78 Å². The van der Waals surface area contributed by atoms with E-state index >= 15 is 0 Å². The summed E-state index contributed by atoms with van der Waals surface area (Å²) in [7, 11) is 0. The highest BCUT2D eigenvalue weighted by Gasteiger charge is 2.03. The molecule has 0 heterocycles. The van der Waals surface area contributed by atoms with E-state index in [0.717, 1.165) is 11.1 Å². The van der Waals surface area contributed by atoms with Crippen molar-refractivity contribution in [2.75, 3.05) is 6.54 Å². The van der Waals surface area contributed by atoms with Crippen LogP contribution in [0.2, 0.25) is 0 Å². The molecule has 0 bridgehead atoms. The Kier molecular flexibility index (Phi) is 4.38. The van der Waals surface area contributed by atoms with Crippen LogP contribution in [0.1, 0.15) is 28.8 Å². The number of carbonyl (C=O) groups excluding carboxylic acids is 1. The summed E-state index contributed by atoms with van der Waals surface area (Å²) in [5, 5.41) is 3.38. The van der Waals surface area contributed by atoms with Gasteiger partial charge in [0.05, 0.1) is 0 Å². The Balaban J connectivity index is 2.46. The average molecular weight is 203 g/mol. The molecule has 1 aromatic carbocycles. The molecule has 15 heavy (non-hydrogen) atoms. The van der Waals surface area contributed by atoms with E-state index in [9.17, 15) is 4.79 Å². The Morgan fingerprint density at radius 2 is 2.07 bits per heavy atom. The fourth-order valence-electron chi connectivity index (χ4n) is 1.24. The van der Waals surface area contributed by atoms with E-state index in [1.165, 1.54) is 0 Å². The van der Waals surface area contributed by atoms with Crippen LogP contribution >= 0.6 is 0 Å². The summed E-state index contributed by atoms with van der Waals surface area (Å²) >= 11 is 0. The van der Waals surface area contributed by atoms with Crippen LogP contribution in [0.4, 0.5) is 0 Å². The molecular formula is C11H13N3O. The average Bonchev–Trinajstić information content (AvgIpc) is 2.25. The number of hydrogen-bond donors (Lipinski definition) is 0. The van der Waals surface area contributed by atoms with Gasteiger partial charge in [-0.1, -0.05) is 34.9 Å². The number of nitrogens with zero attached hydrogens (tertiary/aromatic N) is 3. The summed E-state index contributed by atoms with van der Waals surface area (Å²) in [6.45, 7) is 2.37. The Hall–Kier alpha value is -1.80. The zero-order chi connectivity index (χ0) is 11.1. The maximum atomic E-state index is 11.6. The Morgan fingerprint density at radius 3 is 2.67 bits per heavy atom. The predicted octanol–water partition coefficient (Wildman–Crippen LogP) is 3.27. The Morgan fingerprint density at radius 1 is 1.40 bits per heavy atom. The quantitative estimate of drug-likeness (QED) is 0.238. The first-order valence-electron chi connectivity index (χ1n) is 4.85. The van der Waals surface area contributed by atoms with Gasteiger partial charge in [0.2, 0.25) is 0 Å². The molecule has 0 unspecified atom stereocenters. The largest absolute Gasteiger partial charge is 0.294 e. The molecule has 0 radical (unpaired) electrons. The molecule has 0 saturated heterocycles. The van der Waals surface area contributed by atoms with E-state index in [2.05, 4.69) is 10.0 Å². The number of benzene rings is 1. The lowest BCUT2D eigenvalue weighted by atomic mass is 10.1. The number of Topliss-reactive ketones (excluding diaryl/α,β-unsaturated/α-hetero) is 1. The van der Waals surface area contributed by atoms with Gasteiger partial charge in [0.25, 0.3) is 0 Å². The highest BCUT2D eigenvalue weighted by Crippen LogP contribution is 2.07. The first-order valence-corrected chi connectivity index (χ1v) is 4.85. The van der Waals surface area contributed by atoms with E-state index in [-0.39, 0.29) is 5.78 Å². The molecule has 4 nitrogen and oxygen atoms in total. The second-order valence-corrected chi connectivity index (χ2v) is 3.35. The molecule has 0 N–H and O–H groups in total. The fraction of sp³-hybridized carbons (Fsp3) is 0.364. The molecule has 0 spiro atoms. The Labute approximate surface area is 88.6 Å². The molecule has 0 aliphatic heterocycles. The van der Waals surface area contributed by atoms with Gasteiger partial charge in [-0.15, -0.1) is 0 Å². The standard InChI is InChI=1S/C11H13N3O/c1-9-4-6-10(7-5-9)11(15)3-2-8-13-14-12/h4-7H,2-3,8H2,1H3. The van der Waals surface area contributed by atoms with Crippen molar-refractivity contribution < 1.29 is 4.79 Å². The van der Waals surface area contributed by atoms with E-state index in [1.807, 2.05) is 31.2 Å². The van der Waals surface area contributed by atoms with E-state index < -0.39 is 0 Å². The molecular weight excluding hydrogens is 190 g/mol. The third kappa shape index (κ3) is 3.83. The summed E-state index contributed by atoms with van der Waals surface area (Å²) in [6, 6.07) is 7.48. The highest BCUT2D eigenvalue weighted by molar-refractivity contribution is 5.96. The van der Waals surface area contributed by atoms with Crippen LogP contribution in [0, 0.1) is 6.92 Å². The summed E-state index contributed by atoms with van der Waals surface area (Å²) in [5.41, 5.74) is 9.92. The monoisotopic (exact) mass is 203 g/mol. The first-order chi connectivity index (χ1) is 7.24. The maximum absolute atomic E-state index is 11.6. The number of ketones is 1. The molecule has 0 aliphatic carbocycles. The normalized spacial score (nSPS) is 9.40. The molecule has 4 heteroatoms. The molecule has 78 valence electrons. The summed E-state index contributed by atoms with van der Waals surface area (Å²) in [6.07, 6.45) is 1.04. The third-order valence-electron chi connectivity index (χ3n) is 2.10. The predicted molar refractivity (Wildman–Crippen MR) is 58.8 cm³/mol. The lowest BCUT2D eigenvalue weighted by Gasteiger charge is -1.99. The fourth-order valence-corrected chi connectivity index (χ4v) is 1.24. The minimum Gasteiger partial charge on any atom is -0.294 e. The summed E-state index contributed by atoms with van der Waals surface area (Å²) < 4.78 is 0. The van der Waals surface area contributed by atoms with Crippen LogP contribution in [-0.2, 0) is 0 Å². The number of aryl methyl sites for hydroxylation is 1. The summed E-state index contributed by atoms with van der Waals surface area (Å²) in [4.78, 5) is 14.2. The van der Waals surface area contributed by atoms with E-state index in [0.29, 0.717) is 19.4 Å². The molecule has 1 rings (SSSR count). The highest BCUT2D eigenvalue weighted by atomic mass is 16.1. The molecule has 0 saturated carbocycles. The van der Waals surface area contributed by atoms with Crippen LogP contribution in [0.15, 0.2) is 29.4 Å². The van der Waals surface area contributed by atoms with Crippen molar-refractivity contribution in [3.8, 4) is 0 Å². The zero-order valence-electron chi connectivity index (χ0n) is 8.68. The smallest absolute Gasteiger partial charge is 0.162 e. The van der Waals surface area contributed by atoms with Crippen molar-refractivity contribution in [1.29, 1.82) is 0 Å². The van der Waals surface area contributed by atoms with Gasteiger partial charge in [-0.2, -0.15) is 0 Å². The first kappa shape index (κ1) is 11.3. The summed E-state index contributed by atoms with van der Waals surface area (Å²) in [5.74, 6) is 0.100. The van der Waals surface area contributed by atoms with Crippen molar-refractivity contribution in [2.45, 2.75) is 19.8 Å². The van der Waals surface area contributed by atoms with Crippen LogP contribution < -0.4 is 0 Å². The number of azide groups is 1. The van der Waals surface area contributed by atoms with Crippen molar-refractivity contribution in [3.05, 3.63) is 45.8 Å². The Bertz CT molecular complexity index is 377. The second-order valence-electron chi connectivity index (χ2n) is 3.35.